The van der Waals surface area contributed by atoms with Crippen LogP contribution < -0.4 is 11.1 Å². The predicted octanol–water partition coefficient (Wildman–Crippen LogP) is 5.01. The monoisotopic (exact) mass is 438 g/mol. The van der Waals surface area contributed by atoms with Gasteiger partial charge in [-0.1, -0.05) is 12.2 Å². The zero-order valence-electron chi connectivity index (χ0n) is 10.2. The lowest BCUT2D eigenvalue weighted by molar-refractivity contribution is 0.581. The summed E-state index contributed by atoms with van der Waals surface area (Å²) in [5, 5.41) is 2.55. The first-order valence-electron chi connectivity index (χ1n) is 5.50. The molecule has 0 fully saturated rings. The van der Waals surface area contributed by atoms with Gasteiger partial charge >= 0.3 is 0 Å². The van der Waals surface area contributed by atoms with E-state index in [1.807, 2.05) is 0 Å². The molecule has 8 heteroatoms. The van der Waals surface area contributed by atoms with Crippen LogP contribution in [-0.4, -0.2) is 4.99 Å². The minimum Gasteiger partial charge on any atom is -0.389 e. The van der Waals surface area contributed by atoms with Gasteiger partial charge in [0.2, 0.25) is 0 Å². The zero-order valence-corrected chi connectivity index (χ0v) is 14.2. The normalized spacial score (nSPS) is 10.5. The molecule has 0 aliphatic rings. The van der Waals surface area contributed by atoms with Crippen molar-refractivity contribution >= 4 is 60.4 Å². The number of nitrogens with two attached hydrogens (primary N) is 1. The second-order valence-electron chi connectivity index (χ2n) is 4.02. The quantitative estimate of drug-likeness (QED) is 0.521. The van der Waals surface area contributed by atoms with Crippen LogP contribution in [-0.2, 0) is 0 Å². The predicted molar refractivity (Wildman–Crippen MR) is 87.3 cm³/mol. The standard InChI is InChI=1S/C13H7Br2F3N2S/c14-6-3-10(8(17)4-7(6)16)20-9-2-1-5(13(19)21)11(15)12(9)18/h1-4,20H,(H2,19,21). The summed E-state index contributed by atoms with van der Waals surface area (Å²) in [4.78, 5) is 0.0306. The van der Waals surface area contributed by atoms with Gasteiger partial charge in [0.25, 0.3) is 0 Å². The van der Waals surface area contributed by atoms with E-state index < -0.39 is 17.5 Å². The molecule has 0 atom stereocenters. The first-order chi connectivity index (χ1) is 9.81. The van der Waals surface area contributed by atoms with Gasteiger partial charge in [-0.2, -0.15) is 0 Å². The molecule has 2 nitrogen and oxygen atoms in total. The van der Waals surface area contributed by atoms with Crippen molar-refractivity contribution in [3.8, 4) is 0 Å². The van der Waals surface area contributed by atoms with Crippen LogP contribution in [0, 0.1) is 17.5 Å². The van der Waals surface area contributed by atoms with Gasteiger partial charge < -0.3 is 11.1 Å². The minimum atomic E-state index is -0.843. The summed E-state index contributed by atoms with van der Waals surface area (Å²) >= 11 is 10.8. The molecule has 2 aromatic rings. The lowest BCUT2D eigenvalue weighted by Gasteiger charge is -2.12. The molecule has 0 aliphatic heterocycles. The number of hydrogen-bond donors (Lipinski definition) is 2. The maximum Gasteiger partial charge on any atom is 0.161 e. The van der Waals surface area contributed by atoms with E-state index >= 15 is 0 Å². The summed E-state index contributed by atoms with van der Waals surface area (Å²) in [6, 6.07) is 4.74. The summed E-state index contributed by atoms with van der Waals surface area (Å²) in [7, 11) is 0. The van der Waals surface area contributed by atoms with Crippen LogP contribution in [0.25, 0.3) is 0 Å². The van der Waals surface area contributed by atoms with E-state index in [1.165, 1.54) is 18.2 Å². The van der Waals surface area contributed by atoms with Crippen molar-refractivity contribution in [3.05, 3.63) is 56.2 Å². The smallest absolute Gasteiger partial charge is 0.161 e. The van der Waals surface area contributed by atoms with Crippen LogP contribution in [0.5, 0.6) is 0 Å². The summed E-state index contributed by atoms with van der Waals surface area (Å²) in [6.45, 7) is 0. The molecule has 0 saturated carbocycles. The number of hydrogen-bond acceptors (Lipinski definition) is 2. The molecule has 2 aromatic carbocycles. The highest BCUT2D eigenvalue weighted by Gasteiger charge is 2.15. The highest BCUT2D eigenvalue weighted by atomic mass is 79.9. The molecule has 0 heterocycles. The number of thiocarbonyl (C=S) groups is 1. The van der Waals surface area contributed by atoms with Crippen molar-refractivity contribution in [1.29, 1.82) is 0 Å². The fourth-order valence-corrected chi connectivity index (χ4v) is 2.80. The number of benzene rings is 2. The van der Waals surface area contributed by atoms with Crippen LogP contribution >= 0.6 is 44.1 Å². The van der Waals surface area contributed by atoms with Crippen molar-refractivity contribution < 1.29 is 13.2 Å². The Labute approximate surface area is 140 Å². The van der Waals surface area contributed by atoms with Crippen LogP contribution in [0.2, 0.25) is 0 Å². The average molecular weight is 440 g/mol. The van der Waals surface area contributed by atoms with E-state index in [0.717, 1.165) is 0 Å². The molecule has 0 radical (unpaired) electrons. The summed E-state index contributed by atoms with van der Waals surface area (Å²) in [5.74, 6) is -2.27. The molecule has 2 rings (SSSR count). The molecule has 0 unspecified atom stereocenters. The Morgan fingerprint density at radius 1 is 1.05 bits per heavy atom. The molecule has 110 valence electrons. The summed E-state index contributed by atoms with van der Waals surface area (Å²) in [6.07, 6.45) is 0. The van der Waals surface area contributed by atoms with E-state index in [9.17, 15) is 13.2 Å². The number of nitrogens with one attached hydrogen (secondary N) is 1. The van der Waals surface area contributed by atoms with Crippen LogP contribution in [0.1, 0.15) is 5.56 Å². The third-order valence-corrected chi connectivity index (χ3v) is 4.23. The van der Waals surface area contributed by atoms with Crippen molar-refractivity contribution in [1.82, 2.24) is 0 Å². The molecule has 0 amide bonds. The minimum absolute atomic E-state index is 0.000664. The van der Waals surface area contributed by atoms with Gasteiger partial charge in [-0.05, 0) is 50.1 Å². The molecule has 0 bridgehead atoms. The van der Waals surface area contributed by atoms with E-state index in [2.05, 4.69) is 37.2 Å². The molecule has 0 aliphatic carbocycles. The van der Waals surface area contributed by atoms with Crippen LogP contribution in [0.4, 0.5) is 24.5 Å². The fourth-order valence-electron chi connectivity index (χ4n) is 1.60. The maximum atomic E-state index is 14.2. The van der Waals surface area contributed by atoms with Crippen molar-refractivity contribution in [2.75, 3.05) is 5.32 Å². The van der Waals surface area contributed by atoms with Gasteiger partial charge in [0.15, 0.2) is 5.82 Å². The first kappa shape index (κ1) is 16.3. The Morgan fingerprint density at radius 3 is 2.33 bits per heavy atom. The Balaban J connectivity index is 2.43. The third kappa shape index (κ3) is 3.38. The maximum absolute atomic E-state index is 14.2. The Morgan fingerprint density at radius 2 is 1.71 bits per heavy atom. The topological polar surface area (TPSA) is 38.0 Å². The number of rotatable bonds is 3. The van der Waals surface area contributed by atoms with Gasteiger partial charge in [-0.15, -0.1) is 0 Å². The molecule has 21 heavy (non-hydrogen) atoms. The fraction of sp³-hybridized carbons (Fsp3) is 0. The Kier molecular flexibility index (Phi) is 4.90. The molecule has 0 aromatic heterocycles. The van der Waals surface area contributed by atoms with Gasteiger partial charge in [-0.3, -0.25) is 0 Å². The van der Waals surface area contributed by atoms with Crippen molar-refractivity contribution in [2.45, 2.75) is 0 Å². The van der Waals surface area contributed by atoms with E-state index in [0.29, 0.717) is 11.6 Å². The van der Waals surface area contributed by atoms with Crippen molar-refractivity contribution in [3.63, 3.8) is 0 Å². The Hall–Kier alpha value is -1.12. The number of anilines is 2. The highest BCUT2D eigenvalue weighted by molar-refractivity contribution is 9.10. The lowest BCUT2D eigenvalue weighted by atomic mass is 10.2. The summed E-state index contributed by atoms with van der Waals surface area (Å²) < 4.78 is 41.1. The number of halogens is 5. The molecule has 0 spiro atoms. The van der Waals surface area contributed by atoms with E-state index in [4.69, 9.17) is 18.0 Å². The zero-order chi connectivity index (χ0) is 15.7. The van der Waals surface area contributed by atoms with Gasteiger partial charge in [-0.25, -0.2) is 13.2 Å². The van der Waals surface area contributed by atoms with Crippen LogP contribution in [0.3, 0.4) is 0 Å². The summed E-state index contributed by atoms with van der Waals surface area (Å²) in [5.41, 5.74) is 5.71. The third-order valence-electron chi connectivity index (χ3n) is 2.63. The second-order valence-corrected chi connectivity index (χ2v) is 6.11. The van der Waals surface area contributed by atoms with Crippen LogP contribution in [0.15, 0.2) is 33.2 Å². The van der Waals surface area contributed by atoms with Gasteiger partial charge in [0.1, 0.15) is 16.6 Å². The molecular weight excluding hydrogens is 433 g/mol. The highest BCUT2D eigenvalue weighted by Crippen LogP contribution is 2.31. The largest absolute Gasteiger partial charge is 0.389 e. The van der Waals surface area contributed by atoms with Gasteiger partial charge in [0, 0.05) is 11.6 Å². The van der Waals surface area contributed by atoms with Crippen molar-refractivity contribution in [2.24, 2.45) is 5.73 Å². The Bertz CT molecular complexity index is 738. The van der Waals surface area contributed by atoms with E-state index in [1.54, 1.807) is 0 Å². The lowest BCUT2D eigenvalue weighted by Crippen LogP contribution is -2.11. The molecule has 3 N–H and O–H groups in total. The second kappa shape index (κ2) is 6.33. The molecular formula is C13H7Br2F3N2S. The van der Waals surface area contributed by atoms with Gasteiger partial charge in [0.05, 0.1) is 20.3 Å². The first-order valence-corrected chi connectivity index (χ1v) is 7.50. The SMILES string of the molecule is NC(=S)c1ccc(Nc2cc(Br)c(F)cc2F)c(F)c1Br. The van der Waals surface area contributed by atoms with E-state index in [-0.39, 0.29) is 25.3 Å². The average Bonchev–Trinajstić information content (AvgIpc) is 2.40. The molecule has 0 saturated heterocycles.